The fourth-order valence-electron chi connectivity index (χ4n) is 3.92. The largest absolute Gasteiger partial charge is 0.505 e. The normalized spacial score (nSPS) is 11.9. The molecule has 0 fully saturated rings. The molecule has 0 unspecified atom stereocenters. The van der Waals surface area contributed by atoms with E-state index < -0.39 is 26.5 Å². The molecule has 0 atom stereocenters. The van der Waals surface area contributed by atoms with Crippen LogP contribution < -0.4 is 11.1 Å². The van der Waals surface area contributed by atoms with E-state index in [0.717, 1.165) is 11.6 Å². The lowest BCUT2D eigenvalue weighted by molar-refractivity contribution is -0.432. The highest BCUT2D eigenvalue weighted by Crippen LogP contribution is 2.49. The van der Waals surface area contributed by atoms with Crippen molar-refractivity contribution < 1.29 is 37.5 Å². The fourth-order valence-corrected chi connectivity index (χ4v) is 5.08. The number of carbonyl (C=O) groups is 1. The van der Waals surface area contributed by atoms with Crippen LogP contribution in [0.25, 0.3) is 10.8 Å². The number of anilines is 2. The van der Waals surface area contributed by atoms with E-state index in [-0.39, 0.29) is 38.6 Å². The summed E-state index contributed by atoms with van der Waals surface area (Å²) in [6.45, 7) is 5.05. The molecule has 0 aliphatic rings. The van der Waals surface area contributed by atoms with Crippen molar-refractivity contribution in [3.8, 4) is 5.75 Å². The van der Waals surface area contributed by atoms with Crippen LogP contribution in [0.5, 0.6) is 5.75 Å². The van der Waals surface area contributed by atoms with Crippen LogP contribution in [0, 0.1) is 0 Å². The highest BCUT2D eigenvalue weighted by atomic mass is 32.2. The standard InChI is InChI=1S/C27H24N6O8S2/c1-3-4-16-5-7-19(8-6-16)30-32-25-21(42-41-40-36)13-17-14-22(43(37,38)39)26(27(35)23(17)24(25)28)33-31-20-11-9-18(10-12-20)29-15(2)34/h3,5-14,35-36H,1,4,28H2,2H3,(H,29,34)(H,37,38,39). The lowest BCUT2D eigenvalue weighted by atomic mass is 10.1. The van der Waals surface area contributed by atoms with Gasteiger partial charge in [-0.05, 0) is 65.9 Å². The number of phenols is 1. The van der Waals surface area contributed by atoms with Gasteiger partial charge in [0.2, 0.25) is 5.91 Å². The van der Waals surface area contributed by atoms with Gasteiger partial charge in [0, 0.05) is 12.6 Å². The maximum Gasteiger partial charge on any atom is 0.296 e. The number of nitrogens with zero attached hydrogens (tertiary/aromatic N) is 4. The minimum atomic E-state index is -4.93. The maximum atomic E-state index is 12.3. The number of aromatic hydroxyl groups is 1. The predicted octanol–water partition coefficient (Wildman–Crippen LogP) is 7.32. The van der Waals surface area contributed by atoms with Crippen molar-refractivity contribution >= 4 is 73.0 Å². The zero-order valence-electron chi connectivity index (χ0n) is 22.3. The second-order valence-electron chi connectivity index (χ2n) is 8.80. The first-order chi connectivity index (χ1) is 20.5. The van der Waals surface area contributed by atoms with Crippen LogP contribution in [-0.4, -0.2) is 29.2 Å². The van der Waals surface area contributed by atoms with E-state index in [9.17, 15) is 22.9 Å². The third kappa shape index (κ3) is 7.58. The molecule has 0 aromatic heterocycles. The Labute approximate surface area is 249 Å². The minimum Gasteiger partial charge on any atom is -0.505 e. The predicted molar refractivity (Wildman–Crippen MR) is 160 cm³/mol. The van der Waals surface area contributed by atoms with Gasteiger partial charge in [-0.3, -0.25) is 9.35 Å². The van der Waals surface area contributed by atoms with Crippen LogP contribution in [0.1, 0.15) is 12.5 Å². The number of carbonyl (C=O) groups excluding carboxylic acids is 1. The van der Waals surface area contributed by atoms with Gasteiger partial charge in [-0.2, -0.15) is 18.6 Å². The van der Waals surface area contributed by atoms with Crippen molar-refractivity contribution in [2.24, 2.45) is 20.5 Å². The molecular formula is C27H24N6O8S2. The summed E-state index contributed by atoms with van der Waals surface area (Å²) in [4.78, 5) is 10.6. The molecule has 1 amide bonds. The van der Waals surface area contributed by atoms with Crippen molar-refractivity contribution in [3.05, 3.63) is 78.9 Å². The van der Waals surface area contributed by atoms with E-state index in [2.05, 4.69) is 41.7 Å². The Morgan fingerprint density at radius 2 is 1.63 bits per heavy atom. The van der Waals surface area contributed by atoms with Gasteiger partial charge in [-0.15, -0.1) is 21.1 Å². The first-order valence-electron chi connectivity index (χ1n) is 12.2. The SMILES string of the molecule is C=CCc1ccc(N=Nc2c(SOOO)cc3cc(S(=O)(=O)O)c(N=Nc4ccc(NC(C)=O)cc4)c(O)c3c2N)cc1. The van der Waals surface area contributed by atoms with Crippen molar-refractivity contribution in [1.82, 2.24) is 0 Å². The van der Waals surface area contributed by atoms with E-state index in [1.54, 1.807) is 30.3 Å². The van der Waals surface area contributed by atoms with Crippen molar-refractivity contribution in [3.63, 3.8) is 0 Å². The number of nitrogens with one attached hydrogen (secondary N) is 1. The molecule has 0 aliphatic carbocycles. The third-order valence-corrected chi connectivity index (χ3v) is 7.27. The van der Waals surface area contributed by atoms with Gasteiger partial charge in [0.15, 0.2) is 5.75 Å². The molecule has 0 aliphatic heterocycles. The van der Waals surface area contributed by atoms with Crippen molar-refractivity contribution in [2.45, 2.75) is 23.1 Å². The molecule has 0 saturated heterocycles. The van der Waals surface area contributed by atoms with Crippen LogP contribution in [0.15, 0.2) is 104 Å². The van der Waals surface area contributed by atoms with Crippen LogP contribution in [0.3, 0.4) is 0 Å². The summed E-state index contributed by atoms with van der Waals surface area (Å²) < 4.78 is 39.1. The Kier molecular flexibility index (Phi) is 9.81. The second kappa shape index (κ2) is 13.5. The van der Waals surface area contributed by atoms with E-state index in [4.69, 9.17) is 11.0 Å². The number of rotatable bonds is 11. The van der Waals surface area contributed by atoms with Gasteiger partial charge in [-0.1, -0.05) is 23.2 Å². The second-order valence-corrected chi connectivity index (χ2v) is 10.9. The van der Waals surface area contributed by atoms with E-state index >= 15 is 0 Å². The zero-order chi connectivity index (χ0) is 31.1. The summed E-state index contributed by atoms with van der Waals surface area (Å²) in [5.41, 5.74) is 7.83. The summed E-state index contributed by atoms with van der Waals surface area (Å²) in [6.07, 6.45) is 2.43. The van der Waals surface area contributed by atoms with Gasteiger partial charge in [0.25, 0.3) is 10.1 Å². The van der Waals surface area contributed by atoms with E-state index in [1.807, 2.05) is 12.1 Å². The Hall–Kier alpha value is -4.71. The zero-order valence-corrected chi connectivity index (χ0v) is 24.0. The molecule has 4 aromatic rings. The van der Waals surface area contributed by atoms with Crippen molar-refractivity contribution in [1.29, 1.82) is 0 Å². The number of allylic oxidation sites excluding steroid dienone is 1. The highest BCUT2D eigenvalue weighted by molar-refractivity contribution is 7.94. The fraction of sp³-hybridized carbons (Fsp3) is 0.0741. The summed E-state index contributed by atoms with van der Waals surface area (Å²) in [5.74, 6) is -0.995. The van der Waals surface area contributed by atoms with Crippen LogP contribution in [0.4, 0.5) is 34.1 Å². The number of phenolic OH excluding ortho intramolecular Hbond substituents is 1. The molecule has 0 saturated carbocycles. The maximum absolute atomic E-state index is 12.3. The first kappa shape index (κ1) is 31.2. The Morgan fingerprint density at radius 1 is 1.02 bits per heavy atom. The highest BCUT2D eigenvalue weighted by Gasteiger charge is 2.25. The van der Waals surface area contributed by atoms with Gasteiger partial charge < -0.3 is 16.2 Å². The van der Waals surface area contributed by atoms with Crippen molar-refractivity contribution in [2.75, 3.05) is 11.1 Å². The van der Waals surface area contributed by atoms with E-state index in [0.29, 0.717) is 29.8 Å². The summed E-state index contributed by atoms with van der Waals surface area (Å²) >= 11 is 0.477. The number of amides is 1. The number of fused-ring (bicyclic) bond motifs is 1. The number of hydrogen-bond donors (Lipinski definition) is 5. The molecule has 0 spiro atoms. The Balaban J connectivity index is 1.85. The number of nitrogen functional groups attached to an aromatic ring is 1. The molecule has 4 rings (SSSR count). The molecule has 0 heterocycles. The van der Waals surface area contributed by atoms with Gasteiger partial charge in [0.1, 0.15) is 16.3 Å². The minimum absolute atomic E-state index is 0.0175. The quantitative estimate of drug-likeness (QED) is 0.0213. The van der Waals surface area contributed by atoms with E-state index in [1.165, 1.54) is 25.1 Å². The molecule has 4 aromatic carbocycles. The first-order valence-corrected chi connectivity index (χ1v) is 14.4. The van der Waals surface area contributed by atoms with Crippen LogP contribution >= 0.6 is 12.0 Å². The number of azo groups is 2. The lowest BCUT2D eigenvalue weighted by Crippen LogP contribution is -2.04. The average Bonchev–Trinajstić information content (AvgIpc) is 2.95. The molecule has 0 radical (unpaired) electrons. The molecule has 43 heavy (non-hydrogen) atoms. The van der Waals surface area contributed by atoms with Gasteiger partial charge in [-0.25, -0.2) is 5.26 Å². The third-order valence-electron chi connectivity index (χ3n) is 5.78. The molecular weight excluding hydrogens is 600 g/mol. The number of nitrogens with two attached hydrogens (primary N) is 1. The topological polar surface area (TPSA) is 218 Å². The Bertz CT molecular complexity index is 1850. The summed E-state index contributed by atoms with van der Waals surface area (Å²) in [5, 5.41) is 42.4. The molecule has 6 N–H and O–H groups in total. The monoisotopic (exact) mass is 624 g/mol. The molecule has 0 bridgehead atoms. The molecule has 16 heteroatoms. The molecule has 14 nitrogen and oxygen atoms in total. The van der Waals surface area contributed by atoms with Gasteiger partial charge >= 0.3 is 0 Å². The number of hydrogen-bond acceptors (Lipinski definition) is 13. The smallest absolute Gasteiger partial charge is 0.296 e. The summed E-state index contributed by atoms with van der Waals surface area (Å²) in [6, 6.07) is 15.5. The van der Waals surface area contributed by atoms with Crippen LogP contribution in [0.2, 0.25) is 0 Å². The number of benzene rings is 4. The molecule has 222 valence electrons. The average molecular weight is 625 g/mol. The Morgan fingerprint density at radius 3 is 2.19 bits per heavy atom. The summed E-state index contributed by atoms with van der Waals surface area (Å²) in [7, 11) is -4.93. The van der Waals surface area contributed by atoms with Gasteiger partial charge in [0.05, 0.1) is 39.4 Å². The lowest BCUT2D eigenvalue weighted by Gasteiger charge is -2.14. The van der Waals surface area contributed by atoms with Crippen LogP contribution in [-0.2, 0) is 30.7 Å².